The highest BCUT2D eigenvalue weighted by atomic mass is 79.9. The van der Waals surface area contributed by atoms with E-state index in [0.29, 0.717) is 34.1 Å². The summed E-state index contributed by atoms with van der Waals surface area (Å²) >= 11 is 12.0. The fourth-order valence-corrected chi connectivity index (χ4v) is 4.12. The molecule has 0 aliphatic rings. The van der Waals surface area contributed by atoms with Crippen LogP contribution < -0.4 is 25.6 Å². The molecule has 0 atom stereocenters. The summed E-state index contributed by atoms with van der Waals surface area (Å²) in [6.45, 7) is 6.76. The largest absolute Gasteiger partial charge is 0.492 e. The number of hydrogen-bond donors (Lipinski definition) is 3. The van der Waals surface area contributed by atoms with E-state index in [2.05, 4.69) is 68.8 Å². The smallest absolute Gasteiger partial charge is 0.276 e. The standard InChI is InChI=1S/C25H31Br2N3O4S/c1-4-5-6-7-12-33-21-11-9-18(14-20(21)27)24(32)28-25(35)30-29-23(31)15-34-22-10-8-17(16(2)3)13-19(22)26/h8-11,13-14,16H,4-7,12,15H2,1-3H3,(H,29,31)(H2,28,30,32,35). The molecule has 0 aliphatic heterocycles. The molecule has 0 saturated carbocycles. The fraction of sp³-hybridized carbons (Fsp3) is 0.400. The number of rotatable bonds is 11. The number of ether oxygens (including phenoxy) is 2. The number of thiocarbonyl (C=S) groups is 1. The van der Waals surface area contributed by atoms with Crippen molar-refractivity contribution in [3.63, 3.8) is 0 Å². The van der Waals surface area contributed by atoms with Gasteiger partial charge in [-0.25, -0.2) is 0 Å². The van der Waals surface area contributed by atoms with Crippen molar-refractivity contribution in [2.75, 3.05) is 13.2 Å². The molecule has 3 N–H and O–H groups in total. The molecule has 2 amide bonds. The molecule has 10 heteroatoms. The Morgan fingerprint density at radius 3 is 2.29 bits per heavy atom. The highest BCUT2D eigenvalue weighted by Crippen LogP contribution is 2.29. The van der Waals surface area contributed by atoms with Crippen molar-refractivity contribution in [3.05, 3.63) is 56.5 Å². The molecule has 190 valence electrons. The minimum absolute atomic E-state index is 0.0433. The van der Waals surface area contributed by atoms with Crippen LogP contribution in [0.1, 0.15) is 68.3 Å². The van der Waals surface area contributed by atoms with E-state index < -0.39 is 11.8 Å². The summed E-state index contributed by atoms with van der Waals surface area (Å²) in [4.78, 5) is 24.6. The summed E-state index contributed by atoms with van der Waals surface area (Å²) in [6, 6.07) is 10.8. The third kappa shape index (κ3) is 10.1. The van der Waals surface area contributed by atoms with Gasteiger partial charge in [-0.1, -0.05) is 46.1 Å². The molecule has 2 rings (SSSR count). The van der Waals surface area contributed by atoms with E-state index in [1.807, 2.05) is 18.2 Å². The number of unbranched alkanes of at least 4 members (excludes halogenated alkanes) is 3. The Labute approximate surface area is 228 Å². The summed E-state index contributed by atoms with van der Waals surface area (Å²) in [7, 11) is 0. The summed E-state index contributed by atoms with van der Waals surface area (Å²) in [5, 5.41) is 2.48. The van der Waals surface area contributed by atoms with Crippen LogP contribution in [0.4, 0.5) is 0 Å². The summed E-state index contributed by atoms with van der Waals surface area (Å²) < 4.78 is 12.8. The fourth-order valence-electron chi connectivity index (χ4n) is 2.98. The topological polar surface area (TPSA) is 88.7 Å². The zero-order valence-corrected chi connectivity index (χ0v) is 24.1. The maximum Gasteiger partial charge on any atom is 0.276 e. The van der Waals surface area contributed by atoms with Crippen LogP contribution in [-0.4, -0.2) is 30.1 Å². The van der Waals surface area contributed by atoms with E-state index >= 15 is 0 Å². The van der Waals surface area contributed by atoms with Gasteiger partial charge in [0.05, 0.1) is 15.6 Å². The van der Waals surface area contributed by atoms with Gasteiger partial charge in [-0.05, 0) is 92.3 Å². The molecule has 0 heterocycles. The Morgan fingerprint density at radius 1 is 0.943 bits per heavy atom. The summed E-state index contributed by atoms with van der Waals surface area (Å²) in [6.07, 6.45) is 4.48. The van der Waals surface area contributed by atoms with Crippen LogP contribution in [0, 0.1) is 0 Å². The molecule has 0 fully saturated rings. The maximum atomic E-state index is 12.5. The lowest BCUT2D eigenvalue weighted by Gasteiger charge is -2.13. The van der Waals surface area contributed by atoms with E-state index in [1.54, 1.807) is 18.2 Å². The number of carbonyl (C=O) groups excluding carboxylic acids is 2. The predicted octanol–water partition coefficient (Wildman–Crippen LogP) is 6.01. The first-order valence-corrected chi connectivity index (χ1v) is 13.5. The van der Waals surface area contributed by atoms with Gasteiger partial charge < -0.3 is 9.47 Å². The Bertz CT molecular complexity index is 1030. The number of halogens is 2. The van der Waals surface area contributed by atoms with Gasteiger partial charge in [0, 0.05) is 5.56 Å². The second kappa shape index (κ2) is 15.1. The lowest BCUT2D eigenvalue weighted by Crippen LogP contribution is -2.49. The molecule has 2 aromatic rings. The molecule has 35 heavy (non-hydrogen) atoms. The Kier molecular flexibility index (Phi) is 12.5. The number of amides is 2. The van der Waals surface area contributed by atoms with Crippen LogP contribution in [-0.2, 0) is 4.79 Å². The molecular formula is C25H31Br2N3O4S. The first-order chi connectivity index (χ1) is 16.7. The number of benzene rings is 2. The van der Waals surface area contributed by atoms with Gasteiger partial charge >= 0.3 is 0 Å². The van der Waals surface area contributed by atoms with Crippen LogP contribution in [0.5, 0.6) is 11.5 Å². The van der Waals surface area contributed by atoms with Gasteiger partial charge in [0.25, 0.3) is 11.8 Å². The third-order valence-electron chi connectivity index (χ3n) is 4.97. The van der Waals surface area contributed by atoms with Crippen LogP contribution in [0.3, 0.4) is 0 Å². The van der Waals surface area contributed by atoms with Crippen molar-refractivity contribution in [2.45, 2.75) is 52.4 Å². The van der Waals surface area contributed by atoms with E-state index in [1.165, 1.54) is 12.8 Å². The predicted molar refractivity (Wildman–Crippen MR) is 149 cm³/mol. The molecule has 0 radical (unpaired) electrons. The Hall–Kier alpha value is -2.17. The molecule has 0 aromatic heterocycles. The van der Waals surface area contributed by atoms with Crippen molar-refractivity contribution in [1.82, 2.24) is 16.2 Å². The van der Waals surface area contributed by atoms with Gasteiger partial charge in [0.2, 0.25) is 0 Å². The number of nitrogens with one attached hydrogen (secondary N) is 3. The molecule has 0 unspecified atom stereocenters. The van der Waals surface area contributed by atoms with Crippen LogP contribution in [0.2, 0.25) is 0 Å². The van der Waals surface area contributed by atoms with Crippen molar-refractivity contribution < 1.29 is 19.1 Å². The number of hydrazine groups is 1. The molecule has 0 aliphatic carbocycles. The SMILES string of the molecule is CCCCCCOc1ccc(C(=O)NC(=S)NNC(=O)COc2ccc(C(C)C)cc2Br)cc1Br. The lowest BCUT2D eigenvalue weighted by molar-refractivity contribution is -0.123. The van der Waals surface area contributed by atoms with Crippen molar-refractivity contribution in [3.8, 4) is 11.5 Å². The van der Waals surface area contributed by atoms with Gasteiger partial charge in [0.15, 0.2) is 11.7 Å². The molecular weight excluding hydrogens is 598 g/mol. The van der Waals surface area contributed by atoms with Crippen molar-refractivity contribution >= 4 is 61.0 Å². The monoisotopic (exact) mass is 627 g/mol. The highest BCUT2D eigenvalue weighted by Gasteiger charge is 2.12. The van der Waals surface area contributed by atoms with Crippen LogP contribution >= 0.6 is 44.1 Å². The zero-order chi connectivity index (χ0) is 25.8. The van der Waals surface area contributed by atoms with Gasteiger partial charge in [-0.15, -0.1) is 0 Å². The van der Waals surface area contributed by atoms with Crippen LogP contribution in [0.15, 0.2) is 45.3 Å². The molecule has 0 saturated heterocycles. The normalized spacial score (nSPS) is 10.6. The molecule has 7 nitrogen and oxygen atoms in total. The average molecular weight is 629 g/mol. The zero-order valence-electron chi connectivity index (χ0n) is 20.1. The molecule has 2 aromatic carbocycles. The maximum absolute atomic E-state index is 12.5. The van der Waals surface area contributed by atoms with Gasteiger partial charge in [-0.3, -0.25) is 25.8 Å². The van der Waals surface area contributed by atoms with E-state index in [4.69, 9.17) is 21.7 Å². The summed E-state index contributed by atoms with van der Waals surface area (Å²) in [5.41, 5.74) is 6.46. The number of hydrogen-bond acceptors (Lipinski definition) is 5. The van der Waals surface area contributed by atoms with Crippen molar-refractivity contribution in [1.29, 1.82) is 0 Å². The second-order valence-corrected chi connectivity index (χ2v) is 10.3. The van der Waals surface area contributed by atoms with E-state index in [-0.39, 0.29) is 11.7 Å². The minimum Gasteiger partial charge on any atom is -0.492 e. The first-order valence-electron chi connectivity index (χ1n) is 11.5. The lowest BCUT2D eigenvalue weighted by atomic mass is 10.0. The van der Waals surface area contributed by atoms with E-state index in [0.717, 1.165) is 22.9 Å². The Morgan fingerprint density at radius 2 is 1.63 bits per heavy atom. The first kappa shape index (κ1) is 29.1. The molecule has 0 bridgehead atoms. The van der Waals surface area contributed by atoms with Crippen LogP contribution in [0.25, 0.3) is 0 Å². The average Bonchev–Trinajstić information content (AvgIpc) is 2.82. The summed E-state index contributed by atoms with van der Waals surface area (Å²) in [5.74, 6) is 0.745. The highest BCUT2D eigenvalue weighted by molar-refractivity contribution is 9.10. The van der Waals surface area contributed by atoms with Gasteiger partial charge in [0.1, 0.15) is 11.5 Å². The number of carbonyl (C=O) groups is 2. The second-order valence-electron chi connectivity index (χ2n) is 8.14. The Balaban J connectivity index is 1.75. The van der Waals surface area contributed by atoms with Crippen molar-refractivity contribution in [2.24, 2.45) is 0 Å². The third-order valence-corrected chi connectivity index (χ3v) is 6.42. The van der Waals surface area contributed by atoms with E-state index in [9.17, 15) is 9.59 Å². The van der Waals surface area contributed by atoms with Gasteiger partial charge in [-0.2, -0.15) is 0 Å². The minimum atomic E-state index is -0.454. The molecule has 0 spiro atoms. The quantitative estimate of drug-likeness (QED) is 0.161.